The highest BCUT2D eigenvalue weighted by molar-refractivity contribution is 9.10. The third kappa shape index (κ3) is 8.50. The lowest BCUT2D eigenvalue weighted by atomic mass is 9.90. The van der Waals surface area contributed by atoms with Crippen LogP contribution in [0.15, 0.2) is 102 Å². The number of nitro groups is 1. The lowest BCUT2D eigenvalue weighted by Gasteiger charge is -2.35. The van der Waals surface area contributed by atoms with Gasteiger partial charge < -0.3 is 25.5 Å². The van der Waals surface area contributed by atoms with Crippen LogP contribution in [0.1, 0.15) is 84.3 Å². The summed E-state index contributed by atoms with van der Waals surface area (Å²) in [6.07, 6.45) is 11.4. The van der Waals surface area contributed by atoms with Gasteiger partial charge in [-0.05, 0) is 130 Å². The molecular formula is C45H51BrN6O2. The van der Waals surface area contributed by atoms with Crippen LogP contribution >= 0.6 is 15.9 Å². The molecular weight excluding hydrogens is 736 g/mol. The molecule has 2 aliphatic carbocycles. The minimum Gasteiger partial charge on any atom is -0.357 e. The monoisotopic (exact) mass is 786 g/mol. The number of nitrogens with one attached hydrogen (secondary N) is 4. The molecule has 0 amide bonds. The molecule has 0 spiro atoms. The number of halogens is 1. The van der Waals surface area contributed by atoms with Gasteiger partial charge in [0.1, 0.15) is 0 Å². The molecule has 0 saturated carbocycles. The average molecular weight is 788 g/mol. The van der Waals surface area contributed by atoms with Gasteiger partial charge in [0.05, 0.1) is 4.92 Å². The molecule has 1 fully saturated rings. The summed E-state index contributed by atoms with van der Waals surface area (Å²) < 4.78 is 1.16. The number of aromatic amines is 2. The number of aryl methyl sites for hydroxylation is 2. The number of piperidine rings is 1. The summed E-state index contributed by atoms with van der Waals surface area (Å²) >= 11 is 3.60. The molecule has 9 rings (SSSR count). The van der Waals surface area contributed by atoms with Crippen molar-refractivity contribution >= 4 is 43.4 Å². The second kappa shape index (κ2) is 17.0. The zero-order chi connectivity index (χ0) is 36.9. The van der Waals surface area contributed by atoms with E-state index in [2.05, 4.69) is 120 Å². The van der Waals surface area contributed by atoms with Gasteiger partial charge in [-0.1, -0.05) is 76.6 Å². The molecule has 1 aliphatic heterocycles. The molecule has 1 saturated heterocycles. The van der Waals surface area contributed by atoms with Crippen molar-refractivity contribution in [1.29, 1.82) is 0 Å². The van der Waals surface area contributed by atoms with Crippen molar-refractivity contribution in [3.05, 3.63) is 145 Å². The van der Waals surface area contributed by atoms with Gasteiger partial charge in [-0.15, -0.1) is 0 Å². The fraction of sp³-hybridized carbons (Fsp3) is 0.378. The number of hydrogen-bond acceptors (Lipinski definition) is 5. The van der Waals surface area contributed by atoms with Crippen LogP contribution < -0.4 is 10.6 Å². The number of fused-ring (bicyclic) bond motifs is 6. The molecule has 6 aromatic rings. The van der Waals surface area contributed by atoms with Crippen LogP contribution in [0, 0.1) is 10.1 Å². The molecule has 3 aliphatic rings. The average Bonchev–Trinajstić information content (AvgIpc) is 3.78. The van der Waals surface area contributed by atoms with Crippen molar-refractivity contribution in [2.24, 2.45) is 0 Å². The summed E-state index contributed by atoms with van der Waals surface area (Å²) in [6, 6.07) is 34.5. The maximum Gasteiger partial charge on any atom is 0.270 e. The molecule has 0 bridgehead atoms. The van der Waals surface area contributed by atoms with Gasteiger partial charge in [0.25, 0.3) is 5.69 Å². The van der Waals surface area contributed by atoms with E-state index < -0.39 is 0 Å². The molecule has 0 radical (unpaired) electrons. The van der Waals surface area contributed by atoms with E-state index in [4.69, 9.17) is 0 Å². The number of H-pyrrole nitrogens is 2. The van der Waals surface area contributed by atoms with E-state index >= 15 is 0 Å². The van der Waals surface area contributed by atoms with Gasteiger partial charge in [-0.3, -0.25) is 10.1 Å². The van der Waals surface area contributed by atoms with E-state index in [0.29, 0.717) is 18.1 Å². The second-order valence-electron chi connectivity index (χ2n) is 15.3. The number of likely N-dealkylation sites (tertiary alicyclic amines) is 1. The normalized spacial score (nSPS) is 18.9. The van der Waals surface area contributed by atoms with Crippen molar-refractivity contribution in [2.45, 2.75) is 82.3 Å². The van der Waals surface area contributed by atoms with E-state index in [-0.39, 0.29) is 10.6 Å². The van der Waals surface area contributed by atoms with Gasteiger partial charge in [-0.2, -0.15) is 0 Å². The van der Waals surface area contributed by atoms with Crippen LogP contribution in [0.3, 0.4) is 0 Å². The van der Waals surface area contributed by atoms with E-state index in [1.165, 1.54) is 76.6 Å². The van der Waals surface area contributed by atoms with Crippen molar-refractivity contribution in [1.82, 2.24) is 25.5 Å². The highest BCUT2D eigenvalue weighted by Gasteiger charge is 2.29. The first kappa shape index (κ1) is 36.7. The van der Waals surface area contributed by atoms with Crippen LogP contribution in [0.5, 0.6) is 0 Å². The first-order chi connectivity index (χ1) is 26.5. The van der Waals surface area contributed by atoms with E-state index in [0.717, 1.165) is 73.7 Å². The molecule has 8 nitrogen and oxygen atoms in total. The Balaban J connectivity index is 0.000000160. The van der Waals surface area contributed by atoms with Gasteiger partial charge >= 0.3 is 0 Å². The van der Waals surface area contributed by atoms with Crippen LogP contribution in [-0.2, 0) is 25.7 Å². The van der Waals surface area contributed by atoms with Crippen molar-refractivity contribution in [3.8, 4) is 0 Å². The smallest absolute Gasteiger partial charge is 0.270 e. The standard InChI is InChI=1S/C25H30N4O2.C20H21BrN2/c30-29(31)20-9-10-23-22(17-20)21-7-4-8-24(25(21)27-23)26-19-12-15-28(16-13-19)14-11-18-5-2-1-3-6-18;21-15-9-10-18-17(13-15)16-7-4-8-19(20(16)23-18)22-12-11-14-5-2-1-3-6-14/h1-3,5-6,9-10,17,19,24,26-27H,4,7-8,11-16H2;1-3,5-6,9-10,13,19,22-23H,4,7-8,11-12H2. The molecule has 4 aromatic carbocycles. The van der Waals surface area contributed by atoms with Crippen LogP contribution in [0.4, 0.5) is 5.69 Å². The zero-order valence-electron chi connectivity index (χ0n) is 31.0. The van der Waals surface area contributed by atoms with Crippen molar-refractivity contribution in [3.63, 3.8) is 0 Å². The molecule has 9 heteroatoms. The Morgan fingerprint density at radius 1 is 0.722 bits per heavy atom. The Morgan fingerprint density at radius 3 is 1.98 bits per heavy atom. The predicted molar refractivity (Wildman–Crippen MR) is 223 cm³/mol. The second-order valence-corrected chi connectivity index (χ2v) is 16.2. The predicted octanol–water partition coefficient (Wildman–Crippen LogP) is 9.89. The van der Waals surface area contributed by atoms with Crippen molar-refractivity contribution in [2.75, 3.05) is 26.2 Å². The maximum absolute atomic E-state index is 11.2. The largest absolute Gasteiger partial charge is 0.357 e. The number of rotatable bonds is 10. The van der Waals surface area contributed by atoms with Crippen molar-refractivity contribution < 1.29 is 4.92 Å². The molecule has 4 N–H and O–H groups in total. The SMILES string of the molecule is Brc1ccc2[nH]c3c(c2c1)CCCC3NCCc1ccccc1.O=[N+]([O-])c1ccc2[nH]c3c(c2c1)CCCC3NC1CCN(CCc2ccccc2)CC1. The molecule has 54 heavy (non-hydrogen) atoms. The minimum absolute atomic E-state index is 0.173. The van der Waals surface area contributed by atoms with E-state index in [9.17, 15) is 10.1 Å². The quantitative estimate of drug-likeness (QED) is 0.0819. The van der Waals surface area contributed by atoms with Gasteiger partial charge in [0.2, 0.25) is 0 Å². The topological polar surface area (TPSA) is 102 Å². The maximum atomic E-state index is 11.2. The van der Waals surface area contributed by atoms with Crippen LogP contribution in [0.25, 0.3) is 21.8 Å². The highest BCUT2D eigenvalue weighted by Crippen LogP contribution is 2.38. The molecule has 2 aromatic heterocycles. The Bertz CT molecular complexity index is 2170. The molecule has 2 atom stereocenters. The Kier molecular flexibility index (Phi) is 11.6. The van der Waals surface area contributed by atoms with Gasteiger partial charge in [0.15, 0.2) is 0 Å². The summed E-state index contributed by atoms with van der Waals surface area (Å²) in [6.45, 7) is 4.43. The third-order valence-corrected chi connectivity index (χ3v) is 12.3. The zero-order valence-corrected chi connectivity index (χ0v) is 32.5. The van der Waals surface area contributed by atoms with E-state index in [1.807, 2.05) is 6.07 Å². The summed E-state index contributed by atoms with van der Waals surface area (Å²) in [5.41, 5.74) is 10.7. The fourth-order valence-electron chi connectivity index (χ4n) is 8.94. The lowest BCUT2D eigenvalue weighted by molar-refractivity contribution is -0.384. The molecule has 280 valence electrons. The van der Waals surface area contributed by atoms with Crippen LogP contribution in [0.2, 0.25) is 0 Å². The fourth-order valence-corrected chi connectivity index (χ4v) is 9.31. The Morgan fingerprint density at radius 2 is 1.31 bits per heavy atom. The summed E-state index contributed by atoms with van der Waals surface area (Å²) in [7, 11) is 0. The number of aromatic nitrogens is 2. The first-order valence-corrected chi connectivity index (χ1v) is 20.7. The number of hydrogen-bond donors (Lipinski definition) is 4. The highest BCUT2D eigenvalue weighted by atomic mass is 79.9. The first-order valence-electron chi connectivity index (χ1n) is 19.9. The summed E-state index contributed by atoms with van der Waals surface area (Å²) in [5, 5.41) is 21.3. The molecule has 2 unspecified atom stereocenters. The minimum atomic E-state index is -0.303. The third-order valence-electron chi connectivity index (χ3n) is 11.8. The van der Waals surface area contributed by atoms with Crippen LogP contribution in [-0.4, -0.2) is 52.0 Å². The van der Waals surface area contributed by atoms with Gasteiger partial charge in [0, 0.05) is 74.5 Å². The Hall–Kier alpha value is -4.28. The number of nitro benzene ring substituents is 1. The Labute approximate surface area is 326 Å². The number of nitrogens with zero attached hydrogens (tertiary/aromatic N) is 2. The van der Waals surface area contributed by atoms with E-state index in [1.54, 1.807) is 12.1 Å². The van der Waals surface area contributed by atoms with Gasteiger partial charge in [-0.25, -0.2) is 0 Å². The number of benzene rings is 4. The summed E-state index contributed by atoms with van der Waals surface area (Å²) in [4.78, 5) is 20.7. The lowest BCUT2D eigenvalue weighted by Crippen LogP contribution is -2.44. The molecule has 3 heterocycles. The number of non-ortho nitro benzene ring substituents is 1. The summed E-state index contributed by atoms with van der Waals surface area (Å²) in [5.74, 6) is 0.